The normalized spacial score (nSPS) is 12.2. The van der Waals surface area contributed by atoms with Crippen molar-refractivity contribution in [3.05, 3.63) is 53.6 Å². The van der Waals surface area contributed by atoms with Crippen LogP contribution < -0.4 is 10.6 Å². The van der Waals surface area contributed by atoms with Gasteiger partial charge in [-0.3, -0.25) is 9.97 Å². The van der Waals surface area contributed by atoms with Gasteiger partial charge in [-0.2, -0.15) is 0 Å². The molecule has 0 radical (unpaired) electrons. The third-order valence-corrected chi connectivity index (χ3v) is 3.64. The molecule has 0 spiro atoms. The number of hydrogen-bond donors (Lipinski definition) is 1. The van der Waals surface area contributed by atoms with E-state index < -0.39 is 0 Å². The number of anilines is 1. The van der Waals surface area contributed by atoms with Gasteiger partial charge in [-0.1, -0.05) is 13.0 Å². The van der Waals surface area contributed by atoms with Crippen LogP contribution in [-0.2, 0) is 6.54 Å². The number of pyridine rings is 2. The van der Waals surface area contributed by atoms with E-state index >= 15 is 0 Å². The molecule has 0 aromatic carbocycles. The maximum absolute atomic E-state index is 6.01. The quantitative estimate of drug-likeness (QED) is 0.885. The van der Waals surface area contributed by atoms with Gasteiger partial charge in [-0.15, -0.1) is 0 Å². The Labute approximate surface area is 127 Å². The summed E-state index contributed by atoms with van der Waals surface area (Å²) in [5, 5.41) is 0. The number of nitrogens with two attached hydrogens (primary N) is 1. The van der Waals surface area contributed by atoms with Gasteiger partial charge in [-0.25, -0.2) is 0 Å². The zero-order chi connectivity index (χ0) is 15.2. The Bertz CT molecular complexity index is 565. The van der Waals surface area contributed by atoms with Crippen molar-refractivity contribution in [3.8, 4) is 0 Å². The largest absolute Gasteiger partial charge is 0.365 e. The predicted molar refractivity (Wildman–Crippen MR) is 87.2 cm³/mol. The highest BCUT2D eigenvalue weighted by Crippen LogP contribution is 2.18. The van der Waals surface area contributed by atoms with Gasteiger partial charge >= 0.3 is 0 Å². The van der Waals surface area contributed by atoms with Crippen molar-refractivity contribution in [1.29, 1.82) is 0 Å². The molecule has 0 bridgehead atoms. The fraction of sp³-hybridized carbons (Fsp3) is 0.412. The summed E-state index contributed by atoms with van der Waals surface area (Å²) in [6.07, 6.45) is 2.81. The molecular weight excluding hydrogens is 260 g/mol. The van der Waals surface area contributed by atoms with Crippen LogP contribution in [-0.4, -0.2) is 16.5 Å². The first-order valence-electron chi connectivity index (χ1n) is 7.53. The molecule has 112 valence electrons. The molecule has 4 heteroatoms. The van der Waals surface area contributed by atoms with Crippen LogP contribution in [0.2, 0.25) is 0 Å². The Balaban J connectivity index is 2.14. The number of aromatic nitrogens is 2. The van der Waals surface area contributed by atoms with Crippen LogP contribution in [0.4, 0.5) is 5.69 Å². The zero-order valence-electron chi connectivity index (χ0n) is 13.1. The van der Waals surface area contributed by atoms with Gasteiger partial charge in [0.1, 0.15) is 0 Å². The molecule has 1 atom stereocenters. The highest BCUT2D eigenvalue weighted by Gasteiger charge is 2.09. The molecule has 4 nitrogen and oxygen atoms in total. The molecule has 2 rings (SSSR count). The third-order valence-electron chi connectivity index (χ3n) is 3.64. The molecule has 2 aromatic rings. The second-order valence-electron chi connectivity index (χ2n) is 5.24. The van der Waals surface area contributed by atoms with Crippen molar-refractivity contribution in [3.63, 3.8) is 0 Å². The van der Waals surface area contributed by atoms with E-state index in [-0.39, 0.29) is 6.04 Å². The molecule has 0 saturated carbocycles. The van der Waals surface area contributed by atoms with Crippen molar-refractivity contribution < 1.29 is 0 Å². The van der Waals surface area contributed by atoms with Crippen molar-refractivity contribution in [2.24, 2.45) is 5.73 Å². The minimum Gasteiger partial charge on any atom is -0.365 e. The number of aryl methyl sites for hydroxylation is 1. The van der Waals surface area contributed by atoms with E-state index in [2.05, 4.69) is 40.8 Å². The summed E-state index contributed by atoms with van der Waals surface area (Å²) in [7, 11) is 0. The second kappa shape index (κ2) is 7.18. The Hall–Kier alpha value is -1.94. The molecule has 0 fully saturated rings. The van der Waals surface area contributed by atoms with Crippen LogP contribution in [0.5, 0.6) is 0 Å². The summed E-state index contributed by atoms with van der Waals surface area (Å²) in [6.45, 7) is 7.93. The molecule has 2 heterocycles. The Morgan fingerprint density at radius 3 is 2.57 bits per heavy atom. The average Bonchev–Trinajstić information content (AvgIpc) is 2.52. The second-order valence-corrected chi connectivity index (χ2v) is 5.24. The highest BCUT2D eigenvalue weighted by molar-refractivity contribution is 5.45. The van der Waals surface area contributed by atoms with E-state index in [1.54, 1.807) is 0 Å². The molecule has 0 aliphatic carbocycles. The maximum Gasteiger partial charge on any atom is 0.0602 e. The van der Waals surface area contributed by atoms with Gasteiger partial charge in [0.05, 0.1) is 29.8 Å². The van der Waals surface area contributed by atoms with Crippen molar-refractivity contribution in [2.75, 3.05) is 11.4 Å². The first-order chi connectivity index (χ1) is 10.1. The van der Waals surface area contributed by atoms with E-state index in [9.17, 15) is 0 Å². The summed E-state index contributed by atoms with van der Waals surface area (Å²) in [5.41, 5.74) is 10.2. The van der Waals surface area contributed by atoms with E-state index in [0.29, 0.717) is 0 Å². The van der Waals surface area contributed by atoms with E-state index in [4.69, 9.17) is 5.73 Å². The van der Waals surface area contributed by atoms with Gasteiger partial charge < -0.3 is 10.6 Å². The molecule has 0 saturated heterocycles. The lowest BCUT2D eigenvalue weighted by atomic mass is 10.1. The zero-order valence-corrected chi connectivity index (χ0v) is 13.1. The summed E-state index contributed by atoms with van der Waals surface area (Å²) < 4.78 is 0. The first kappa shape index (κ1) is 15.4. The van der Waals surface area contributed by atoms with Gasteiger partial charge in [-0.05, 0) is 44.5 Å². The van der Waals surface area contributed by atoms with Crippen LogP contribution in [0.3, 0.4) is 0 Å². The number of nitrogens with zero attached hydrogens (tertiary/aromatic N) is 3. The maximum atomic E-state index is 6.01. The molecule has 2 aromatic heterocycles. The lowest BCUT2D eigenvalue weighted by Gasteiger charge is -2.23. The van der Waals surface area contributed by atoms with Gasteiger partial charge in [0.2, 0.25) is 0 Å². The van der Waals surface area contributed by atoms with Crippen molar-refractivity contribution >= 4 is 5.69 Å². The SMILES string of the molecule is CC[C@@H](N)c1ccc(N(CC)Cc2cccc(C)n2)cn1. The van der Waals surface area contributed by atoms with Crippen LogP contribution in [0.1, 0.15) is 43.4 Å². The van der Waals surface area contributed by atoms with Gasteiger partial charge in [0.25, 0.3) is 0 Å². The molecule has 2 N–H and O–H groups in total. The molecular formula is C17H24N4. The van der Waals surface area contributed by atoms with E-state index in [1.165, 1.54) is 0 Å². The predicted octanol–water partition coefficient (Wildman–Crippen LogP) is 3.22. The third kappa shape index (κ3) is 4.02. The van der Waals surface area contributed by atoms with E-state index in [1.807, 2.05) is 31.3 Å². The van der Waals surface area contributed by atoms with Gasteiger partial charge in [0.15, 0.2) is 0 Å². The first-order valence-corrected chi connectivity index (χ1v) is 7.53. The Morgan fingerprint density at radius 2 is 2.00 bits per heavy atom. The molecule has 0 aliphatic heterocycles. The summed E-state index contributed by atoms with van der Waals surface area (Å²) in [6, 6.07) is 10.3. The number of hydrogen-bond acceptors (Lipinski definition) is 4. The minimum atomic E-state index is 0.0209. The molecule has 0 unspecified atom stereocenters. The Kier molecular flexibility index (Phi) is 5.28. The fourth-order valence-electron chi connectivity index (χ4n) is 2.28. The van der Waals surface area contributed by atoms with Crippen LogP contribution in [0, 0.1) is 6.92 Å². The standard InChI is InChI=1S/C17H24N4/c1-4-16(18)17-10-9-15(11-19-17)21(5-2)12-14-8-6-7-13(3)20-14/h6-11,16H,4-5,12,18H2,1-3H3/t16-/m1/s1. The minimum absolute atomic E-state index is 0.0209. The fourth-order valence-corrected chi connectivity index (χ4v) is 2.28. The topological polar surface area (TPSA) is 55.0 Å². The Morgan fingerprint density at radius 1 is 1.19 bits per heavy atom. The summed E-state index contributed by atoms with van der Waals surface area (Å²) >= 11 is 0. The van der Waals surface area contributed by atoms with Crippen LogP contribution in [0.25, 0.3) is 0 Å². The number of rotatable bonds is 6. The highest BCUT2D eigenvalue weighted by atomic mass is 15.1. The van der Waals surface area contributed by atoms with E-state index in [0.717, 1.165) is 42.3 Å². The summed E-state index contributed by atoms with van der Waals surface area (Å²) in [5.74, 6) is 0. The van der Waals surface area contributed by atoms with Crippen LogP contribution >= 0.6 is 0 Å². The average molecular weight is 284 g/mol. The summed E-state index contributed by atoms with van der Waals surface area (Å²) in [4.78, 5) is 11.3. The molecule has 0 aliphatic rings. The monoisotopic (exact) mass is 284 g/mol. The van der Waals surface area contributed by atoms with Crippen LogP contribution in [0.15, 0.2) is 36.5 Å². The smallest absolute Gasteiger partial charge is 0.0602 e. The lowest BCUT2D eigenvalue weighted by Crippen LogP contribution is -2.23. The molecule has 21 heavy (non-hydrogen) atoms. The van der Waals surface area contributed by atoms with Crippen molar-refractivity contribution in [1.82, 2.24) is 9.97 Å². The molecule has 0 amide bonds. The van der Waals surface area contributed by atoms with Gasteiger partial charge in [0, 0.05) is 18.3 Å². The lowest BCUT2D eigenvalue weighted by molar-refractivity contribution is 0.674. The van der Waals surface area contributed by atoms with Crippen molar-refractivity contribution in [2.45, 2.75) is 39.8 Å².